The minimum atomic E-state index is -0.487. The number of halogens is 1. The molecule has 0 bridgehead atoms. The summed E-state index contributed by atoms with van der Waals surface area (Å²) in [6.45, 7) is 3.54. The Morgan fingerprint density at radius 1 is 1.23 bits per heavy atom. The van der Waals surface area contributed by atoms with Gasteiger partial charge in [0.15, 0.2) is 6.61 Å². The van der Waals surface area contributed by atoms with Crippen LogP contribution in [0.15, 0.2) is 35.1 Å². The van der Waals surface area contributed by atoms with E-state index in [9.17, 15) is 14.0 Å². The highest BCUT2D eigenvalue weighted by Gasteiger charge is 2.19. The van der Waals surface area contributed by atoms with Gasteiger partial charge in [-0.3, -0.25) is 4.79 Å². The first-order valence-corrected chi connectivity index (χ1v) is 10.5. The van der Waals surface area contributed by atoms with Gasteiger partial charge in [0, 0.05) is 30.5 Å². The molecule has 4 rings (SSSR count). The second-order valence-corrected chi connectivity index (χ2v) is 8.50. The van der Waals surface area contributed by atoms with Crippen LogP contribution < -0.4 is 10.3 Å². The lowest BCUT2D eigenvalue weighted by molar-refractivity contribution is -0.142. The lowest BCUT2D eigenvalue weighted by atomic mass is 10.00. The molecule has 0 spiro atoms. The largest absolute Gasteiger partial charge is 0.481 e. The number of pyridine rings is 1. The van der Waals surface area contributed by atoms with Crippen LogP contribution in [0.25, 0.3) is 21.1 Å². The third-order valence-electron chi connectivity index (χ3n) is 5.27. The van der Waals surface area contributed by atoms with Gasteiger partial charge in [0.1, 0.15) is 11.6 Å². The first-order valence-electron chi connectivity index (χ1n) is 9.66. The van der Waals surface area contributed by atoms with Gasteiger partial charge in [-0.25, -0.2) is 14.2 Å². The van der Waals surface area contributed by atoms with E-state index in [0.29, 0.717) is 23.3 Å². The van der Waals surface area contributed by atoms with Crippen molar-refractivity contribution < 1.29 is 18.7 Å². The predicted molar refractivity (Wildman–Crippen MR) is 119 cm³/mol. The van der Waals surface area contributed by atoms with Crippen molar-refractivity contribution in [3.63, 3.8) is 0 Å². The maximum absolute atomic E-state index is 13.5. The molecule has 0 saturated heterocycles. The number of rotatable bonds is 5. The molecule has 160 valence electrons. The Morgan fingerprint density at radius 3 is 2.74 bits per heavy atom. The number of methoxy groups -OCH3 is 1. The molecule has 0 amide bonds. The van der Waals surface area contributed by atoms with Crippen molar-refractivity contribution in [3.8, 4) is 5.75 Å². The van der Waals surface area contributed by atoms with Crippen molar-refractivity contribution in [1.82, 2.24) is 9.55 Å². The van der Waals surface area contributed by atoms with Crippen molar-refractivity contribution in [2.75, 3.05) is 13.7 Å². The number of benzene rings is 2. The molecule has 2 aromatic heterocycles. The van der Waals surface area contributed by atoms with E-state index in [1.54, 1.807) is 17.7 Å². The fourth-order valence-electron chi connectivity index (χ4n) is 3.69. The average molecular weight is 440 g/mol. The molecule has 0 N–H and O–H groups in total. The van der Waals surface area contributed by atoms with Crippen LogP contribution >= 0.6 is 11.3 Å². The van der Waals surface area contributed by atoms with Crippen molar-refractivity contribution >= 4 is 38.4 Å². The molecule has 0 aliphatic carbocycles. The van der Waals surface area contributed by atoms with Crippen LogP contribution in [0.2, 0.25) is 0 Å². The first-order chi connectivity index (χ1) is 14.8. The normalized spacial score (nSPS) is 11.3. The van der Waals surface area contributed by atoms with Crippen LogP contribution in [0.3, 0.4) is 0 Å². The van der Waals surface area contributed by atoms with Crippen molar-refractivity contribution in [2.24, 2.45) is 7.05 Å². The third-order valence-corrected chi connectivity index (χ3v) is 6.31. The van der Waals surface area contributed by atoms with Crippen LogP contribution in [-0.2, 0) is 23.0 Å². The van der Waals surface area contributed by atoms with E-state index >= 15 is 0 Å². The second kappa shape index (κ2) is 8.11. The highest BCUT2D eigenvalue weighted by molar-refractivity contribution is 7.18. The molecule has 0 radical (unpaired) electrons. The lowest BCUT2D eigenvalue weighted by Crippen LogP contribution is -2.24. The Morgan fingerprint density at radius 2 is 2.00 bits per heavy atom. The molecule has 0 aliphatic rings. The predicted octanol–water partition coefficient (Wildman–Crippen LogP) is 4.05. The number of aromatic nitrogens is 2. The number of thiazole rings is 1. The molecular formula is C23H21FN2O4S. The maximum atomic E-state index is 13.5. The van der Waals surface area contributed by atoms with E-state index in [0.717, 1.165) is 31.7 Å². The quantitative estimate of drug-likeness (QED) is 0.438. The van der Waals surface area contributed by atoms with Gasteiger partial charge in [-0.1, -0.05) is 0 Å². The van der Waals surface area contributed by atoms with Crippen LogP contribution in [0, 0.1) is 19.7 Å². The third kappa shape index (κ3) is 3.90. The summed E-state index contributed by atoms with van der Waals surface area (Å²) >= 11 is 1.43. The Hall–Kier alpha value is -3.26. The smallest absolute Gasteiger partial charge is 0.343 e. The topological polar surface area (TPSA) is 70.4 Å². The summed E-state index contributed by atoms with van der Waals surface area (Å²) in [5, 5.41) is 1.49. The standard InChI is InChI=1S/C23H21FN2O4S/c1-12-7-17-22(18(8-12)30-11-21(27)29-4)13(2)15(23(28)26(17)3)10-20-25-16-9-14(24)5-6-19(16)31-20/h5-9H,10-11H2,1-4H3. The highest BCUT2D eigenvalue weighted by Crippen LogP contribution is 2.32. The number of ether oxygens (including phenoxy) is 2. The minimum Gasteiger partial charge on any atom is -0.481 e. The Bertz CT molecular complexity index is 1390. The maximum Gasteiger partial charge on any atom is 0.343 e. The van der Waals surface area contributed by atoms with Gasteiger partial charge in [-0.15, -0.1) is 11.3 Å². The Balaban J connectivity index is 1.85. The van der Waals surface area contributed by atoms with Crippen LogP contribution in [0.1, 0.15) is 21.7 Å². The van der Waals surface area contributed by atoms with Gasteiger partial charge in [0.05, 0.1) is 27.9 Å². The van der Waals surface area contributed by atoms with E-state index in [-0.39, 0.29) is 18.0 Å². The number of carbonyl (C=O) groups is 1. The molecule has 0 saturated carbocycles. The fraction of sp³-hybridized carbons (Fsp3) is 0.261. The zero-order chi connectivity index (χ0) is 22.3. The number of hydrogen-bond acceptors (Lipinski definition) is 6. The molecule has 4 aromatic rings. The molecule has 2 heterocycles. The molecule has 0 aliphatic heterocycles. The summed E-state index contributed by atoms with van der Waals surface area (Å²) in [6, 6.07) is 8.24. The number of fused-ring (bicyclic) bond motifs is 2. The summed E-state index contributed by atoms with van der Waals surface area (Å²) in [5.41, 5.74) is 3.43. The van der Waals surface area contributed by atoms with Crippen LogP contribution in [0.5, 0.6) is 5.75 Å². The molecule has 0 fully saturated rings. The van der Waals surface area contributed by atoms with E-state index in [2.05, 4.69) is 9.72 Å². The van der Waals surface area contributed by atoms with Gasteiger partial charge in [-0.2, -0.15) is 0 Å². The Labute approximate surface area is 181 Å². The van der Waals surface area contributed by atoms with E-state index < -0.39 is 5.97 Å². The molecule has 8 heteroatoms. The zero-order valence-corrected chi connectivity index (χ0v) is 18.4. The van der Waals surface area contributed by atoms with Crippen molar-refractivity contribution in [2.45, 2.75) is 20.3 Å². The number of hydrogen-bond donors (Lipinski definition) is 0. The molecule has 0 unspecified atom stereocenters. The fourth-order valence-corrected chi connectivity index (χ4v) is 4.65. The number of aryl methyl sites for hydroxylation is 3. The van der Waals surface area contributed by atoms with Gasteiger partial charge in [-0.05, 0) is 49.2 Å². The number of carbonyl (C=O) groups excluding carboxylic acids is 1. The minimum absolute atomic E-state index is 0.125. The number of nitrogens with zero attached hydrogens (tertiary/aromatic N) is 2. The molecule has 31 heavy (non-hydrogen) atoms. The lowest BCUT2D eigenvalue weighted by Gasteiger charge is -2.17. The van der Waals surface area contributed by atoms with Gasteiger partial charge >= 0.3 is 5.97 Å². The number of esters is 1. The average Bonchev–Trinajstić information content (AvgIpc) is 3.14. The van der Waals surface area contributed by atoms with Crippen molar-refractivity contribution in [3.05, 3.63) is 68.2 Å². The summed E-state index contributed by atoms with van der Waals surface area (Å²) < 4.78 is 26.4. The highest BCUT2D eigenvalue weighted by atomic mass is 32.1. The molecule has 0 atom stereocenters. The molecule has 6 nitrogen and oxygen atoms in total. The van der Waals surface area contributed by atoms with Gasteiger partial charge in [0.25, 0.3) is 5.56 Å². The monoisotopic (exact) mass is 440 g/mol. The van der Waals surface area contributed by atoms with E-state index in [1.807, 2.05) is 26.0 Å². The van der Waals surface area contributed by atoms with Crippen LogP contribution in [-0.4, -0.2) is 29.2 Å². The first kappa shape index (κ1) is 21.0. The molecule has 2 aromatic carbocycles. The van der Waals surface area contributed by atoms with Gasteiger partial charge in [0.2, 0.25) is 0 Å². The van der Waals surface area contributed by atoms with Gasteiger partial charge < -0.3 is 14.0 Å². The van der Waals surface area contributed by atoms with Crippen molar-refractivity contribution in [1.29, 1.82) is 0 Å². The second-order valence-electron chi connectivity index (χ2n) is 7.39. The van der Waals surface area contributed by atoms with E-state index in [1.165, 1.54) is 30.6 Å². The SMILES string of the molecule is COC(=O)COc1cc(C)cc2c1c(C)c(Cc1nc3cc(F)ccc3s1)c(=O)n2C. The molecular weight excluding hydrogens is 419 g/mol. The van der Waals surface area contributed by atoms with Crippen LogP contribution in [0.4, 0.5) is 4.39 Å². The van der Waals surface area contributed by atoms with E-state index in [4.69, 9.17) is 4.74 Å². The summed E-state index contributed by atoms with van der Waals surface area (Å²) in [5.74, 6) is -0.315. The zero-order valence-electron chi connectivity index (χ0n) is 17.6. The summed E-state index contributed by atoms with van der Waals surface area (Å²) in [4.78, 5) is 29.3. The Kier molecular flexibility index (Phi) is 5.49. The summed E-state index contributed by atoms with van der Waals surface area (Å²) in [7, 11) is 3.02. The summed E-state index contributed by atoms with van der Waals surface area (Å²) in [6.07, 6.45) is 0.319.